The number of hydrogen-bond acceptors (Lipinski definition) is 4. The number of rotatable bonds is 7. The predicted octanol–water partition coefficient (Wildman–Crippen LogP) is 3.09. The molecule has 1 unspecified atom stereocenters. The van der Waals surface area contributed by atoms with Crippen LogP contribution in [0.5, 0.6) is 5.75 Å². The Balaban J connectivity index is 2.83. The number of hydrogen-bond donors (Lipinski definition) is 2. The molecule has 0 aliphatic rings. The molecule has 6 heteroatoms. The van der Waals surface area contributed by atoms with Crippen LogP contribution < -0.4 is 4.74 Å². The summed E-state index contributed by atoms with van der Waals surface area (Å²) in [7, 11) is -4.38. The Hall–Kier alpha value is -1.11. The molecular weight excluding hydrogens is 292 g/mol. The van der Waals surface area contributed by atoms with Gasteiger partial charge in [-0.1, -0.05) is 39.8 Å². The largest absolute Gasteiger partial charge is 0.464 e. The van der Waals surface area contributed by atoms with Crippen LogP contribution in [0, 0.1) is 11.3 Å². The fourth-order valence-corrected chi connectivity index (χ4v) is 3.23. The van der Waals surface area contributed by atoms with Gasteiger partial charge in [-0.05, 0) is 29.9 Å². The van der Waals surface area contributed by atoms with Crippen LogP contribution in [0.2, 0.25) is 0 Å². The van der Waals surface area contributed by atoms with Gasteiger partial charge >= 0.3 is 0 Å². The minimum Gasteiger partial charge on any atom is -0.464 e. The molecule has 0 saturated carbocycles. The van der Waals surface area contributed by atoms with Crippen molar-refractivity contribution in [1.82, 2.24) is 0 Å². The van der Waals surface area contributed by atoms with Gasteiger partial charge in [0.1, 0.15) is 10.6 Å². The second-order valence-electron chi connectivity index (χ2n) is 6.46. The molecule has 120 valence electrons. The molecule has 0 spiro atoms. The average molecular weight is 316 g/mol. The van der Waals surface area contributed by atoms with Gasteiger partial charge in [0.05, 0.1) is 0 Å². The van der Waals surface area contributed by atoms with Crippen LogP contribution in [-0.4, -0.2) is 24.4 Å². The van der Waals surface area contributed by atoms with Crippen LogP contribution in [0.4, 0.5) is 0 Å². The summed E-state index contributed by atoms with van der Waals surface area (Å²) in [5.41, 5.74) is -0.138. The van der Waals surface area contributed by atoms with E-state index in [1.165, 1.54) is 18.2 Å². The van der Waals surface area contributed by atoms with Gasteiger partial charge in [-0.25, -0.2) is 0 Å². The van der Waals surface area contributed by atoms with E-state index in [-0.39, 0.29) is 16.1 Å². The van der Waals surface area contributed by atoms with Gasteiger partial charge in [-0.3, -0.25) is 4.55 Å². The Kier molecular flexibility index (Phi) is 5.78. The Morgan fingerprint density at radius 1 is 1.19 bits per heavy atom. The van der Waals surface area contributed by atoms with Crippen LogP contribution in [-0.2, 0) is 10.1 Å². The van der Waals surface area contributed by atoms with Crippen molar-refractivity contribution in [3.05, 3.63) is 24.3 Å². The summed E-state index contributed by atoms with van der Waals surface area (Å²) in [6.07, 6.45) is 0.139. The summed E-state index contributed by atoms with van der Waals surface area (Å²) in [5, 5.41) is 10.0. The fourth-order valence-electron chi connectivity index (χ4n) is 2.61. The van der Waals surface area contributed by atoms with E-state index in [0.29, 0.717) is 12.3 Å². The third-order valence-corrected chi connectivity index (χ3v) is 3.97. The minimum atomic E-state index is -4.38. The Morgan fingerprint density at radius 2 is 1.76 bits per heavy atom. The van der Waals surface area contributed by atoms with E-state index < -0.39 is 16.4 Å². The first-order valence-corrected chi connectivity index (χ1v) is 8.36. The summed E-state index contributed by atoms with van der Waals surface area (Å²) in [6, 6.07) is 5.69. The van der Waals surface area contributed by atoms with Crippen molar-refractivity contribution in [2.45, 2.75) is 51.7 Å². The third kappa shape index (κ3) is 6.03. The molecule has 21 heavy (non-hydrogen) atoms. The summed E-state index contributed by atoms with van der Waals surface area (Å²) < 4.78 is 37.0. The topological polar surface area (TPSA) is 83.8 Å². The monoisotopic (exact) mass is 316 g/mol. The molecular formula is C15H24O5S. The van der Waals surface area contributed by atoms with Crippen molar-refractivity contribution < 1.29 is 22.8 Å². The molecule has 5 nitrogen and oxygen atoms in total. The lowest BCUT2D eigenvalue weighted by atomic mass is 9.81. The zero-order valence-corrected chi connectivity index (χ0v) is 13.7. The molecule has 1 aromatic rings. The number of aliphatic hydroxyl groups is 1. The first-order chi connectivity index (χ1) is 9.51. The standard InChI is InChI=1S/C15H24O5S/c1-11(2)9-15(3,4)10-14(16)20-12-7-5-6-8-13(12)21(17,18)19/h5-8,11,14,16H,9-10H2,1-4H3,(H,17,18,19). The maximum atomic E-state index is 11.3. The average Bonchev–Trinajstić information content (AvgIpc) is 2.24. The lowest BCUT2D eigenvalue weighted by Gasteiger charge is -2.29. The normalized spacial score (nSPS) is 14.2. The van der Waals surface area contributed by atoms with Gasteiger partial charge in [-0.15, -0.1) is 0 Å². The van der Waals surface area contributed by atoms with Crippen molar-refractivity contribution in [2.24, 2.45) is 11.3 Å². The van der Waals surface area contributed by atoms with Gasteiger partial charge in [0.15, 0.2) is 6.29 Å². The molecule has 0 fully saturated rings. The van der Waals surface area contributed by atoms with Crippen LogP contribution in [0.1, 0.15) is 40.5 Å². The number of aliphatic hydroxyl groups excluding tert-OH is 1. The molecule has 0 aliphatic heterocycles. The summed E-state index contributed by atoms with van der Waals surface area (Å²) >= 11 is 0. The molecule has 0 radical (unpaired) electrons. The maximum absolute atomic E-state index is 11.3. The third-order valence-electron chi connectivity index (χ3n) is 3.08. The second kappa shape index (κ2) is 6.77. The highest BCUT2D eigenvalue weighted by Crippen LogP contribution is 2.32. The van der Waals surface area contributed by atoms with Crippen molar-refractivity contribution in [1.29, 1.82) is 0 Å². The van der Waals surface area contributed by atoms with E-state index >= 15 is 0 Å². The smallest absolute Gasteiger partial charge is 0.298 e. The first-order valence-electron chi connectivity index (χ1n) is 6.92. The number of benzene rings is 1. The summed E-state index contributed by atoms with van der Waals surface area (Å²) in [6.45, 7) is 8.24. The van der Waals surface area contributed by atoms with Crippen molar-refractivity contribution >= 4 is 10.1 Å². The van der Waals surface area contributed by atoms with E-state index in [1.807, 2.05) is 13.8 Å². The Morgan fingerprint density at radius 3 is 2.29 bits per heavy atom. The lowest BCUT2D eigenvalue weighted by Crippen LogP contribution is -2.26. The molecule has 0 aromatic heterocycles. The second-order valence-corrected chi connectivity index (χ2v) is 7.85. The van der Waals surface area contributed by atoms with Crippen LogP contribution in [0.3, 0.4) is 0 Å². The predicted molar refractivity (Wildman–Crippen MR) is 80.7 cm³/mol. The van der Waals surface area contributed by atoms with Crippen LogP contribution in [0.25, 0.3) is 0 Å². The highest BCUT2D eigenvalue weighted by Gasteiger charge is 2.26. The van der Waals surface area contributed by atoms with Crippen LogP contribution in [0.15, 0.2) is 29.2 Å². The van der Waals surface area contributed by atoms with Gasteiger partial charge in [0, 0.05) is 6.42 Å². The molecule has 0 heterocycles. The minimum absolute atomic E-state index is 0.0483. The highest BCUT2D eigenvalue weighted by molar-refractivity contribution is 7.86. The van der Waals surface area contributed by atoms with E-state index in [2.05, 4.69) is 13.8 Å². The highest BCUT2D eigenvalue weighted by atomic mass is 32.2. The SMILES string of the molecule is CC(C)CC(C)(C)CC(O)Oc1ccccc1S(=O)(=O)O. The molecule has 2 N–H and O–H groups in total. The van der Waals surface area contributed by atoms with Gasteiger partial charge in [0.25, 0.3) is 10.1 Å². The van der Waals surface area contributed by atoms with Gasteiger partial charge in [-0.2, -0.15) is 8.42 Å². The zero-order valence-electron chi connectivity index (χ0n) is 12.9. The number of ether oxygens (including phenoxy) is 1. The molecule has 1 aromatic carbocycles. The van der Waals surface area contributed by atoms with E-state index in [9.17, 15) is 13.5 Å². The lowest BCUT2D eigenvalue weighted by molar-refractivity contribution is -0.0515. The fraction of sp³-hybridized carbons (Fsp3) is 0.600. The van der Waals surface area contributed by atoms with Crippen molar-refractivity contribution in [3.63, 3.8) is 0 Å². The molecule has 1 rings (SSSR count). The zero-order chi connectivity index (χ0) is 16.3. The molecule has 1 atom stereocenters. The molecule has 0 aliphatic carbocycles. The van der Waals surface area contributed by atoms with Crippen molar-refractivity contribution in [2.75, 3.05) is 0 Å². The molecule has 0 amide bonds. The summed E-state index contributed by atoms with van der Waals surface area (Å²) in [4.78, 5) is -0.342. The number of para-hydroxylation sites is 1. The maximum Gasteiger partial charge on any atom is 0.298 e. The van der Waals surface area contributed by atoms with Crippen LogP contribution >= 0.6 is 0 Å². The van der Waals surface area contributed by atoms with Gasteiger partial charge in [0.2, 0.25) is 0 Å². The Labute approximate surface area is 126 Å². The van der Waals surface area contributed by atoms with E-state index in [4.69, 9.17) is 9.29 Å². The quantitative estimate of drug-likeness (QED) is 0.596. The van der Waals surface area contributed by atoms with E-state index in [1.54, 1.807) is 6.07 Å². The Bertz CT molecular complexity index is 563. The molecule has 0 saturated heterocycles. The van der Waals surface area contributed by atoms with Crippen molar-refractivity contribution in [3.8, 4) is 5.75 Å². The van der Waals surface area contributed by atoms with Gasteiger partial charge < -0.3 is 9.84 Å². The first kappa shape index (κ1) is 17.9. The van der Waals surface area contributed by atoms with E-state index in [0.717, 1.165) is 6.42 Å². The summed E-state index contributed by atoms with van der Waals surface area (Å²) in [5.74, 6) is 0.435. The molecule has 0 bridgehead atoms.